The number of hydrogen-bond donors (Lipinski definition) is 1. The summed E-state index contributed by atoms with van der Waals surface area (Å²) in [6.45, 7) is 4.07. The van der Waals surface area contributed by atoms with Crippen molar-refractivity contribution in [3.05, 3.63) is 24.0 Å². The number of aryl methyl sites for hydroxylation is 1. The highest BCUT2D eigenvalue weighted by molar-refractivity contribution is 5.94. The molecule has 0 radical (unpaired) electrons. The summed E-state index contributed by atoms with van der Waals surface area (Å²) in [5.74, 6) is 0.106. The highest BCUT2D eigenvalue weighted by Crippen LogP contribution is 2.08. The average molecular weight is 237 g/mol. The van der Waals surface area contributed by atoms with E-state index in [2.05, 4.69) is 4.90 Å². The van der Waals surface area contributed by atoms with Crippen molar-refractivity contribution in [1.82, 2.24) is 14.4 Å². The first-order valence-electron chi connectivity index (χ1n) is 5.95. The first-order valence-corrected chi connectivity index (χ1v) is 5.95. The molecule has 5 heteroatoms. The molecular weight excluding hydrogens is 218 g/mol. The van der Waals surface area contributed by atoms with Crippen LogP contribution in [0.5, 0.6) is 0 Å². The largest absolute Gasteiger partial charge is 0.395 e. The molecule has 0 saturated carbocycles. The van der Waals surface area contributed by atoms with E-state index in [0.717, 1.165) is 31.7 Å². The molecule has 0 unspecified atom stereocenters. The molecule has 0 bridgehead atoms. The monoisotopic (exact) mass is 237 g/mol. The molecule has 1 fully saturated rings. The summed E-state index contributed by atoms with van der Waals surface area (Å²) >= 11 is 0. The van der Waals surface area contributed by atoms with E-state index in [9.17, 15) is 4.79 Å². The fraction of sp³-hybridized carbons (Fsp3) is 0.583. The Morgan fingerprint density at radius 2 is 2.06 bits per heavy atom. The van der Waals surface area contributed by atoms with E-state index >= 15 is 0 Å². The number of hydrogen-bond acceptors (Lipinski definition) is 3. The van der Waals surface area contributed by atoms with Crippen molar-refractivity contribution in [3.8, 4) is 0 Å². The number of piperazine rings is 1. The number of aliphatic hydroxyl groups is 1. The lowest BCUT2D eigenvalue weighted by Gasteiger charge is -2.34. The molecule has 0 aromatic carbocycles. The highest BCUT2D eigenvalue weighted by Gasteiger charge is 2.21. The topological polar surface area (TPSA) is 48.7 Å². The van der Waals surface area contributed by atoms with Gasteiger partial charge in [0.15, 0.2) is 0 Å². The van der Waals surface area contributed by atoms with Crippen molar-refractivity contribution >= 4 is 5.91 Å². The zero-order valence-electron chi connectivity index (χ0n) is 10.2. The maximum absolute atomic E-state index is 12.1. The number of nitrogens with zero attached hydrogens (tertiary/aromatic N) is 3. The van der Waals surface area contributed by atoms with Crippen LogP contribution in [0.2, 0.25) is 0 Å². The number of carbonyl (C=O) groups excluding carboxylic acids is 1. The predicted molar refractivity (Wildman–Crippen MR) is 64.8 cm³/mol. The third-order valence-corrected chi connectivity index (χ3v) is 3.15. The molecule has 1 aromatic heterocycles. The third kappa shape index (κ3) is 2.87. The molecule has 0 spiro atoms. The molecule has 2 rings (SSSR count). The van der Waals surface area contributed by atoms with Gasteiger partial charge in [-0.1, -0.05) is 0 Å². The van der Waals surface area contributed by atoms with E-state index in [0.29, 0.717) is 6.54 Å². The second kappa shape index (κ2) is 5.33. The van der Waals surface area contributed by atoms with E-state index in [1.54, 1.807) is 0 Å². The molecule has 1 saturated heterocycles. The Balaban J connectivity index is 1.90. The van der Waals surface area contributed by atoms with Gasteiger partial charge in [0, 0.05) is 52.2 Å². The maximum Gasteiger partial charge on any atom is 0.255 e. The lowest BCUT2D eigenvalue weighted by molar-refractivity contribution is 0.0615. The molecule has 17 heavy (non-hydrogen) atoms. The normalized spacial score (nSPS) is 17.4. The summed E-state index contributed by atoms with van der Waals surface area (Å²) in [4.78, 5) is 16.2. The Morgan fingerprint density at radius 1 is 1.35 bits per heavy atom. The fourth-order valence-electron chi connectivity index (χ4n) is 2.13. The molecular formula is C12H19N3O2. The van der Waals surface area contributed by atoms with Crippen LogP contribution in [0.4, 0.5) is 0 Å². The summed E-state index contributed by atoms with van der Waals surface area (Å²) in [5, 5.41) is 8.85. The minimum atomic E-state index is 0.106. The zero-order valence-corrected chi connectivity index (χ0v) is 10.2. The van der Waals surface area contributed by atoms with Gasteiger partial charge >= 0.3 is 0 Å². The summed E-state index contributed by atoms with van der Waals surface area (Å²) in [5.41, 5.74) is 0.753. The van der Waals surface area contributed by atoms with Crippen LogP contribution in [0.25, 0.3) is 0 Å². The van der Waals surface area contributed by atoms with Crippen LogP contribution in [0.15, 0.2) is 18.5 Å². The number of aromatic nitrogens is 1. The molecule has 2 heterocycles. The Labute approximate surface area is 101 Å². The van der Waals surface area contributed by atoms with Crippen molar-refractivity contribution in [1.29, 1.82) is 0 Å². The van der Waals surface area contributed by atoms with E-state index in [1.807, 2.05) is 35.0 Å². The Kier molecular flexibility index (Phi) is 3.81. The first-order chi connectivity index (χ1) is 8.20. The van der Waals surface area contributed by atoms with Gasteiger partial charge in [0.05, 0.1) is 12.2 Å². The quantitative estimate of drug-likeness (QED) is 0.790. The summed E-state index contributed by atoms with van der Waals surface area (Å²) in [6.07, 6.45) is 3.73. The van der Waals surface area contributed by atoms with E-state index in [-0.39, 0.29) is 12.5 Å². The van der Waals surface area contributed by atoms with E-state index in [1.165, 1.54) is 0 Å². The van der Waals surface area contributed by atoms with Crippen LogP contribution in [0.3, 0.4) is 0 Å². The van der Waals surface area contributed by atoms with Gasteiger partial charge in [-0.2, -0.15) is 0 Å². The molecule has 1 aliphatic heterocycles. The minimum Gasteiger partial charge on any atom is -0.395 e. The number of amides is 1. The van der Waals surface area contributed by atoms with Gasteiger partial charge in [-0.25, -0.2) is 0 Å². The van der Waals surface area contributed by atoms with Crippen molar-refractivity contribution in [2.45, 2.75) is 0 Å². The van der Waals surface area contributed by atoms with Crippen LogP contribution in [0.1, 0.15) is 10.4 Å². The molecule has 1 aromatic rings. The number of carbonyl (C=O) groups is 1. The summed E-state index contributed by atoms with van der Waals surface area (Å²) in [7, 11) is 1.91. The first kappa shape index (κ1) is 12.1. The van der Waals surface area contributed by atoms with Crippen molar-refractivity contribution in [3.63, 3.8) is 0 Å². The second-order valence-electron chi connectivity index (χ2n) is 4.42. The van der Waals surface area contributed by atoms with Crippen LogP contribution >= 0.6 is 0 Å². The smallest absolute Gasteiger partial charge is 0.255 e. The Hall–Kier alpha value is -1.33. The zero-order chi connectivity index (χ0) is 12.3. The van der Waals surface area contributed by atoms with E-state index in [4.69, 9.17) is 5.11 Å². The van der Waals surface area contributed by atoms with Gasteiger partial charge in [0.1, 0.15) is 0 Å². The van der Waals surface area contributed by atoms with Gasteiger partial charge in [-0.15, -0.1) is 0 Å². The van der Waals surface area contributed by atoms with Crippen LogP contribution in [0, 0.1) is 0 Å². The van der Waals surface area contributed by atoms with Gasteiger partial charge in [-0.3, -0.25) is 9.69 Å². The Bertz CT molecular complexity index is 381. The highest BCUT2D eigenvalue weighted by atomic mass is 16.3. The predicted octanol–water partition coefficient (Wildman–Crippen LogP) is -0.225. The fourth-order valence-corrected chi connectivity index (χ4v) is 2.13. The molecule has 94 valence electrons. The lowest BCUT2D eigenvalue weighted by Crippen LogP contribution is -2.49. The summed E-state index contributed by atoms with van der Waals surface area (Å²) < 4.78 is 1.88. The lowest BCUT2D eigenvalue weighted by atomic mass is 10.2. The van der Waals surface area contributed by atoms with Gasteiger partial charge < -0.3 is 14.6 Å². The van der Waals surface area contributed by atoms with Crippen molar-refractivity contribution in [2.75, 3.05) is 39.3 Å². The summed E-state index contributed by atoms with van der Waals surface area (Å²) in [6, 6.07) is 1.85. The van der Waals surface area contributed by atoms with Gasteiger partial charge in [-0.05, 0) is 6.07 Å². The molecule has 5 nitrogen and oxygen atoms in total. The Morgan fingerprint density at radius 3 is 2.59 bits per heavy atom. The number of β-amino-alcohol motifs (C(OH)–C–C–N with tert-alkyl or cyclic N) is 1. The molecule has 1 amide bonds. The van der Waals surface area contributed by atoms with Crippen molar-refractivity contribution < 1.29 is 9.90 Å². The maximum atomic E-state index is 12.1. The van der Waals surface area contributed by atoms with Crippen LogP contribution < -0.4 is 0 Å². The van der Waals surface area contributed by atoms with Crippen LogP contribution in [-0.2, 0) is 7.05 Å². The second-order valence-corrected chi connectivity index (χ2v) is 4.42. The van der Waals surface area contributed by atoms with E-state index < -0.39 is 0 Å². The molecule has 1 aliphatic rings. The van der Waals surface area contributed by atoms with Gasteiger partial charge in [0.2, 0.25) is 0 Å². The van der Waals surface area contributed by atoms with Crippen LogP contribution in [-0.4, -0.2) is 64.7 Å². The molecule has 1 N–H and O–H groups in total. The minimum absolute atomic E-state index is 0.106. The molecule has 0 aliphatic carbocycles. The standard InChI is InChI=1S/C12H19N3O2/c1-13-3-2-11(10-13)12(17)15-6-4-14(5-7-15)8-9-16/h2-3,10,16H,4-9H2,1H3. The van der Waals surface area contributed by atoms with Gasteiger partial charge in [0.25, 0.3) is 5.91 Å². The average Bonchev–Trinajstić information content (AvgIpc) is 2.76. The number of rotatable bonds is 3. The SMILES string of the molecule is Cn1ccc(C(=O)N2CCN(CCO)CC2)c1. The van der Waals surface area contributed by atoms with Crippen molar-refractivity contribution in [2.24, 2.45) is 7.05 Å². The number of aliphatic hydroxyl groups excluding tert-OH is 1. The third-order valence-electron chi connectivity index (χ3n) is 3.15. The molecule has 0 atom stereocenters.